The molecule has 0 bridgehead atoms. The number of rotatable bonds is 23. The number of pyridine rings is 2. The number of carbonyl (C=O) groups is 9. The highest BCUT2D eigenvalue weighted by molar-refractivity contribution is 6.12. The quantitative estimate of drug-likeness (QED) is 0.0179. The summed E-state index contributed by atoms with van der Waals surface area (Å²) in [5, 5.41) is 25.0. The minimum Gasteiger partial charge on any atom is -0.458 e. The number of benzene rings is 2. The van der Waals surface area contributed by atoms with Gasteiger partial charge in [-0.3, -0.25) is 43.3 Å². The molecule has 0 radical (unpaired) electrons. The Morgan fingerprint density at radius 3 is 2.29 bits per heavy atom. The second-order valence-corrected chi connectivity index (χ2v) is 20.0. The van der Waals surface area contributed by atoms with Crippen molar-refractivity contribution in [1.29, 1.82) is 0 Å². The summed E-state index contributed by atoms with van der Waals surface area (Å²) in [7, 11) is 1.66. The first kappa shape index (κ1) is 55.9. The van der Waals surface area contributed by atoms with E-state index in [0.29, 0.717) is 67.4 Å². The summed E-state index contributed by atoms with van der Waals surface area (Å²) in [6, 6.07) is 10.8. The summed E-state index contributed by atoms with van der Waals surface area (Å²) in [6.07, 6.45) is 8.09. The van der Waals surface area contributed by atoms with Crippen LogP contribution in [0.25, 0.3) is 22.3 Å². The topological polar surface area (TPSA) is 284 Å². The molecular formula is C56H63FN9O12+. The Kier molecular flexibility index (Phi) is 17.5. The number of hydrogen-bond acceptors (Lipinski definition) is 13. The maximum Gasteiger partial charge on any atom is 0.386 e. The van der Waals surface area contributed by atoms with Crippen LogP contribution in [0.4, 0.5) is 4.39 Å². The number of halogens is 1. The molecule has 22 heteroatoms. The van der Waals surface area contributed by atoms with E-state index in [2.05, 4.69) is 26.6 Å². The number of fused-ring (bicyclic) bond motifs is 5. The van der Waals surface area contributed by atoms with Crippen LogP contribution in [0.1, 0.15) is 110 Å². The highest BCUT2D eigenvalue weighted by Gasteiger charge is 2.46. The number of aliphatic hydroxyl groups is 1. The Bertz CT molecular complexity index is 3230. The van der Waals surface area contributed by atoms with Gasteiger partial charge in [0, 0.05) is 60.7 Å². The molecule has 2 aromatic carbocycles. The molecule has 0 saturated heterocycles. The molecular weight excluding hydrogens is 1010 g/mol. The molecule has 2 aromatic heterocycles. The Hall–Kier alpha value is -8.27. The van der Waals surface area contributed by atoms with Crippen molar-refractivity contribution in [2.24, 2.45) is 0 Å². The number of aryl methyl sites for hydroxylation is 1. The smallest absolute Gasteiger partial charge is 0.386 e. The molecule has 21 nitrogen and oxygen atoms in total. The molecule has 5 heterocycles. The van der Waals surface area contributed by atoms with Crippen molar-refractivity contribution < 1.29 is 62.0 Å². The van der Waals surface area contributed by atoms with Gasteiger partial charge < -0.3 is 41.0 Å². The molecule has 1 aliphatic carbocycles. The molecule has 3 atom stereocenters. The van der Waals surface area contributed by atoms with E-state index >= 15 is 4.39 Å². The molecule has 4 aromatic rings. The van der Waals surface area contributed by atoms with Gasteiger partial charge in [-0.1, -0.05) is 43.7 Å². The van der Waals surface area contributed by atoms with Crippen LogP contribution >= 0.6 is 0 Å². The number of imide groups is 1. The van der Waals surface area contributed by atoms with Crippen molar-refractivity contribution in [3.05, 3.63) is 110 Å². The number of hydrogen-bond donors (Lipinski definition) is 6. The summed E-state index contributed by atoms with van der Waals surface area (Å²) in [6.45, 7) is 2.39. The third kappa shape index (κ3) is 12.3. The van der Waals surface area contributed by atoms with Crippen LogP contribution in [0.15, 0.2) is 59.4 Å². The predicted molar refractivity (Wildman–Crippen MR) is 280 cm³/mol. The SMILES string of the molecule is CC[C@@]1(O)C(=O)OCc2c1cc1n(c2=O)Cc2c-1nc1cc(F)c(C)c3c1c2C(C=[N+](C)C(=O)CCCCNC(=O)CNC(=O)[C@H](Cc1ccccc1)NC(=O)CNC(=O)CNC(=O)CCCCCN1C(=O)C=CC1=O)CC3. The number of ether oxygens (including phenoxy) is 1. The third-order valence-electron chi connectivity index (χ3n) is 14.8. The predicted octanol–water partition coefficient (Wildman–Crippen LogP) is 1.64. The summed E-state index contributed by atoms with van der Waals surface area (Å²) in [5.74, 6) is -5.33. The molecule has 8 rings (SSSR count). The molecule has 6 N–H and O–H groups in total. The summed E-state index contributed by atoms with van der Waals surface area (Å²) >= 11 is 0. The summed E-state index contributed by atoms with van der Waals surface area (Å²) < 4.78 is 23.7. The lowest BCUT2D eigenvalue weighted by molar-refractivity contribution is -0.416. The fourth-order valence-corrected chi connectivity index (χ4v) is 10.4. The van der Waals surface area contributed by atoms with Gasteiger partial charge in [0.25, 0.3) is 17.4 Å². The van der Waals surface area contributed by atoms with Gasteiger partial charge in [-0.05, 0) is 80.2 Å². The second kappa shape index (κ2) is 24.4. The van der Waals surface area contributed by atoms with Crippen LogP contribution in [0, 0.1) is 12.7 Å². The lowest BCUT2D eigenvalue weighted by Gasteiger charge is -2.31. The van der Waals surface area contributed by atoms with Crippen molar-refractivity contribution >= 4 is 70.3 Å². The van der Waals surface area contributed by atoms with Crippen molar-refractivity contribution in [1.82, 2.24) is 41.0 Å². The van der Waals surface area contributed by atoms with Crippen LogP contribution in [0.3, 0.4) is 0 Å². The molecule has 0 spiro atoms. The zero-order valence-corrected chi connectivity index (χ0v) is 43.8. The van der Waals surface area contributed by atoms with E-state index < -0.39 is 65.7 Å². The van der Waals surface area contributed by atoms with Crippen molar-refractivity contribution in [3.63, 3.8) is 0 Å². The van der Waals surface area contributed by atoms with Gasteiger partial charge in [-0.2, -0.15) is 4.58 Å². The van der Waals surface area contributed by atoms with Gasteiger partial charge in [-0.25, -0.2) is 19.0 Å². The first-order chi connectivity index (χ1) is 37.4. The van der Waals surface area contributed by atoms with E-state index in [1.807, 2.05) is 6.21 Å². The molecule has 3 aliphatic heterocycles. The Labute approximate surface area is 448 Å². The van der Waals surface area contributed by atoms with Crippen LogP contribution in [-0.2, 0) is 79.5 Å². The fourth-order valence-electron chi connectivity index (χ4n) is 10.4. The number of unbranched alkanes of at least 4 members (excludes halogenated alkanes) is 3. The van der Waals surface area contributed by atoms with E-state index in [0.717, 1.165) is 32.5 Å². The van der Waals surface area contributed by atoms with E-state index in [4.69, 9.17) is 9.72 Å². The van der Waals surface area contributed by atoms with Crippen LogP contribution in [0.5, 0.6) is 0 Å². The molecule has 0 fully saturated rings. The van der Waals surface area contributed by atoms with Crippen molar-refractivity contribution in [2.45, 2.75) is 115 Å². The first-order valence-corrected chi connectivity index (χ1v) is 26.2. The molecule has 410 valence electrons. The van der Waals surface area contributed by atoms with Crippen LogP contribution < -0.4 is 32.1 Å². The van der Waals surface area contributed by atoms with E-state index in [1.165, 1.54) is 22.8 Å². The number of amides is 8. The number of nitrogens with one attached hydrogen (secondary N) is 5. The third-order valence-corrected chi connectivity index (χ3v) is 14.8. The second-order valence-electron chi connectivity index (χ2n) is 20.0. The van der Waals surface area contributed by atoms with E-state index in [9.17, 15) is 53.1 Å². The lowest BCUT2D eigenvalue weighted by Crippen LogP contribution is -2.52. The van der Waals surface area contributed by atoms with Gasteiger partial charge in [0.05, 0.1) is 61.0 Å². The van der Waals surface area contributed by atoms with E-state index in [-0.39, 0.29) is 99.1 Å². The average Bonchev–Trinajstić information content (AvgIpc) is 4.18. The number of nitrogens with zero attached hydrogens (tertiary/aromatic N) is 4. The van der Waals surface area contributed by atoms with Crippen molar-refractivity contribution in [3.8, 4) is 11.4 Å². The zero-order valence-electron chi connectivity index (χ0n) is 43.8. The largest absolute Gasteiger partial charge is 0.458 e. The molecule has 78 heavy (non-hydrogen) atoms. The van der Waals surface area contributed by atoms with Gasteiger partial charge in [0.2, 0.25) is 29.5 Å². The summed E-state index contributed by atoms with van der Waals surface area (Å²) in [5.41, 5.74) is 2.75. The van der Waals surface area contributed by atoms with Crippen LogP contribution in [-0.4, -0.2) is 129 Å². The monoisotopic (exact) mass is 1070 g/mol. The molecule has 1 unspecified atom stereocenters. The fraction of sp³-hybridized carbons (Fsp3) is 0.429. The Morgan fingerprint density at radius 2 is 1.55 bits per heavy atom. The number of aromatic nitrogens is 2. The molecule has 0 saturated carbocycles. The molecule has 8 amide bonds. The normalized spacial score (nSPS) is 17.4. The van der Waals surface area contributed by atoms with Gasteiger partial charge in [0.15, 0.2) is 11.8 Å². The van der Waals surface area contributed by atoms with Crippen LogP contribution in [0.2, 0.25) is 0 Å². The zero-order chi connectivity index (χ0) is 55.8. The number of carbonyl (C=O) groups excluding carboxylic acids is 9. The maximum atomic E-state index is 15.4. The Balaban J connectivity index is 0.798. The van der Waals surface area contributed by atoms with Gasteiger partial charge >= 0.3 is 11.9 Å². The van der Waals surface area contributed by atoms with E-state index in [1.54, 1.807) is 61.9 Å². The van der Waals surface area contributed by atoms with Gasteiger partial charge in [0.1, 0.15) is 25.5 Å². The summed E-state index contributed by atoms with van der Waals surface area (Å²) in [4.78, 5) is 134. The Morgan fingerprint density at radius 1 is 0.859 bits per heavy atom. The van der Waals surface area contributed by atoms with Gasteiger partial charge in [-0.15, -0.1) is 0 Å². The highest BCUT2D eigenvalue weighted by atomic mass is 19.1. The first-order valence-electron chi connectivity index (χ1n) is 26.2. The van der Waals surface area contributed by atoms with Crippen molar-refractivity contribution in [2.75, 3.05) is 39.8 Å². The molecule has 4 aliphatic rings. The lowest BCUT2D eigenvalue weighted by atomic mass is 9.78. The number of cyclic esters (lactones) is 1. The minimum absolute atomic E-state index is 0.0211. The maximum absolute atomic E-state index is 15.4. The highest BCUT2D eigenvalue weighted by Crippen LogP contribution is 2.46. The number of esters is 1. The average molecular weight is 1070 g/mol. The standard InChI is InChI=1S/C56H62FN9O12/c1-4-56(77)38-24-42-52-36(30-66(42)54(75)37(38)31-78-55(56)76)50-34(17-18-35-32(2)39(57)25-40(63-52)51(35)50)29-64(3)47(71)16-10-11-21-58-44(68)27-61-53(74)41(23-33-13-7-5-8-14-33)62-46(70)28-60-45(69)26-59-43(67)15-9-6-12-22-65-48(72)19-20-49(65)73/h5,7-8,13-14,19-20,24-25,29,34,41,77H,4,6,9-12,15-18,21-23,26-28,30-31H2,1-3H3,(H4-,58,59,60,61,62,67,68,69,70,74)/p+1/t34?,41-,56-/m0/s1. The minimum atomic E-state index is -2.02.